The highest BCUT2D eigenvalue weighted by atomic mass is 16.5. The van der Waals surface area contributed by atoms with Crippen molar-refractivity contribution in [3.63, 3.8) is 0 Å². The second kappa shape index (κ2) is 6.68. The van der Waals surface area contributed by atoms with Crippen molar-refractivity contribution >= 4 is 5.95 Å². The predicted molar refractivity (Wildman–Crippen MR) is 73.6 cm³/mol. The maximum absolute atomic E-state index is 9.22. The summed E-state index contributed by atoms with van der Waals surface area (Å²) in [5.74, 6) is 1.18. The molecule has 0 amide bonds. The van der Waals surface area contributed by atoms with E-state index >= 15 is 0 Å². The summed E-state index contributed by atoms with van der Waals surface area (Å²) in [5.41, 5.74) is 0.865. The first-order valence-electron chi connectivity index (χ1n) is 6.72. The van der Waals surface area contributed by atoms with Gasteiger partial charge in [0.25, 0.3) is 0 Å². The first kappa shape index (κ1) is 14.0. The molecule has 0 aromatic carbocycles. The highest BCUT2D eigenvalue weighted by Crippen LogP contribution is 2.17. The van der Waals surface area contributed by atoms with Crippen LogP contribution in [0, 0.1) is 6.92 Å². The van der Waals surface area contributed by atoms with Gasteiger partial charge in [0.05, 0.1) is 13.7 Å². The Labute approximate surface area is 113 Å². The molecule has 1 aliphatic heterocycles. The topological polar surface area (TPSA) is 70.5 Å². The zero-order valence-electron chi connectivity index (χ0n) is 11.6. The standard InChI is InChI=1S/C13H22N4O2/c1-10-8-12(19-2)16-13(15-10)17(6-7-18)9-11-4-3-5-14-11/h8,11,14,18H,3-7,9H2,1-2H3. The molecule has 1 aromatic rings. The number of aryl methyl sites for hydroxylation is 1. The quantitative estimate of drug-likeness (QED) is 0.774. The molecular weight excluding hydrogens is 244 g/mol. The molecule has 2 rings (SSSR count). The minimum absolute atomic E-state index is 0.0896. The molecule has 1 aliphatic rings. The van der Waals surface area contributed by atoms with E-state index in [0.717, 1.165) is 25.2 Å². The van der Waals surface area contributed by atoms with Gasteiger partial charge in [-0.2, -0.15) is 4.98 Å². The van der Waals surface area contributed by atoms with E-state index in [1.54, 1.807) is 13.2 Å². The summed E-state index contributed by atoms with van der Waals surface area (Å²) in [6.45, 7) is 4.42. The van der Waals surface area contributed by atoms with Crippen molar-refractivity contribution < 1.29 is 9.84 Å². The first-order valence-corrected chi connectivity index (χ1v) is 6.72. The summed E-state index contributed by atoms with van der Waals surface area (Å²) in [7, 11) is 1.60. The Morgan fingerprint density at radius 1 is 1.53 bits per heavy atom. The molecule has 0 saturated carbocycles. The van der Waals surface area contributed by atoms with Crippen molar-refractivity contribution in [2.75, 3.05) is 38.3 Å². The number of ether oxygens (including phenoxy) is 1. The summed E-state index contributed by atoms with van der Waals surface area (Å²) >= 11 is 0. The van der Waals surface area contributed by atoms with Gasteiger partial charge in [-0.25, -0.2) is 4.98 Å². The SMILES string of the molecule is COc1cc(C)nc(N(CCO)CC2CCCN2)n1. The molecule has 2 N–H and O–H groups in total. The van der Waals surface area contributed by atoms with Crippen molar-refractivity contribution in [2.45, 2.75) is 25.8 Å². The molecule has 0 spiro atoms. The van der Waals surface area contributed by atoms with Gasteiger partial charge in [0, 0.05) is 30.9 Å². The number of hydrogen-bond acceptors (Lipinski definition) is 6. The van der Waals surface area contributed by atoms with Crippen molar-refractivity contribution in [1.82, 2.24) is 15.3 Å². The fourth-order valence-corrected chi connectivity index (χ4v) is 2.34. The number of anilines is 1. The van der Waals surface area contributed by atoms with Crippen molar-refractivity contribution in [2.24, 2.45) is 0 Å². The normalized spacial score (nSPS) is 18.6. The van der Waals surface area contributed by atoms with E-state index in [-0.39, 0.29) is 6.61 Å². The van der Waals surface area contributed by atoms with Gasteiger partial charge in [-0.1, -0.05) is 0 Å². The van der Waals surface area contributed by atoms with Crippen molar-refractivity contribution in [3.8, 4) is 5.88 Å². The van der Waals surface area contributed by atoms with Crippen LogP contribution < -0.4 is 15.0 Å². The van der Waals surface area contributed by atoms with Crippen LogP contribution in [0.25, 0.3) is 0 Å². The zero-order valence-corrected chi connectivity index (χ0v) is 11.6. The molecule has 19 heavy (non-hydrogen) atoms. The Hall–Kier alpha value is -1.40. The third-order valence-corrected chi connectivity index (χ3v) is 3.28. The summed E-state index contributed by atoms with van der Waals surface area (Å²) in [5, 5.41) is 12.7. The number of nitrogens with one attached hydrogen (secondary N) is 1. The highest BCUT2D eigenvalue weighted by Gasteiger charge is 2.20. The molecule has 0 radical (unpaired) electrons. The van der Waals surface area contributed by atoms with Gasteiger partial charge in [0.15, 0.2) is 0 Å². The molecule has 1 unspecified atom stereocenters. The Balaban J connectivity index is 2.14. The van der Waals surface area contributed by atoms with Crippen LogP contribution >= 0.6 is 0 Å². The van der Waals surface area contributed by atoms with Gasteiger partial charge in [-0.05, 0) is 26.3 Å². The van der Waals surface area contributed by atoms with Gasteiger partial charge >= 0.3 is 0 Å². The fraction of sp³-hybridized carbons (Fsp3) is 0.692. The molecule has 0 aliphatic carbocycles. The second-order valence-corrected chi connectivity index (χ2v) is 4.81. The lowest BCUT2D eigenvalue weighted by molar-refractivity contribution is 0.299. The minimum Gasteiger partial charge on any atom is -0.481 e. The summed E-state index contributed by atoms with van der Waals surface area (Å²) < 4.78 is 5.18. The van der Waals surface area contributed by atoms with Crippen molar-refractivity contribution in [1.29, 1.82) is 0 Å². The van der Waals surface area contributed by atoms with Crippen LogP contribution in [0.1, 0.15) is 18.5 Å². The molecule has 1 saturated heterocycles. The number of hydrogen-bond donors (Lipinski definition) is 2. The maximum Gasteiger partial charge on any atom is 0.229 e. The second-order valence-electron chi connectivity index (χ2n) is 4.81. The summed E-state index contributed by atoms with van der Waals surface area (Å²) in [6, 6.07) is 2.25. The van der Waals surface area contributed by atoms with Gasteiger partial charge in [-0.15, -0.1) is 0 Å². The van der Waals surface area contributed by atoms with Gasteiger partial charge in [-0.3, -0.25) is 0 Å². The smallest absolute Gasteiger partial charge is 0.229 e. The molecule has 1 aromatic heterocycles. The number of aromatic nitrogens is 2. The van der Waals surface area contributed by atoms with Crippen LogP contribution in [-0.2, 0) is 0 Å². The average Bonchev–Trinajstić information content (AvgIpc) is 2.90. The lowest BCUT2D eigenvalue weighted by Crippen LogP contribution is -2.40. The number of aliphatic hydroxyl groups is 1. The van der Waals surface area contributed by atoms with E-state index in [4.69, 9.17) is 4.74 Å². The Morgan fingerprint density at radius 3 is 3.00 bits per heavy atom. The Bertz CT molecular complexity index is 408. The van der Waals surface area contributed by atoms with Gasteiger partial charge in [0.1, 0.15) is 0 Å². The number of nitrogens with zero attached hydrogens (tertiary/aromatic N) is 3. The molecule has 1 atom stereocenters. The zero-order chi connectivity index (χ0) is 13.7. The molecule has 2 heterocycles. The van der Waals surface area contributed by atoms with Crippen LogP contribution in [0.15, 0.2) is 6.07 Å². The van der Waals surface area contributed by atoms with Crippen LogP contribution in [0.4, 0.5) is 5.95 Å². The maximum atomic E-state index is 9.22. The van der Waals surface area contributed by atoms with E-state index in [9.17, 15) is 5.11 Å². The van der Waals surface area contributed by atoms with Crippen LogP contribution in [0.2, 0.25) is 0 Å². The van der Waals surface area contributed by atoms with Crippen LogP contribution in [-0.4, -0.2) is 54.5 Å². The van der Waals surface area contributed by atoms with Crippen LogP contribution in [0.3, 0.4) is 0 Å². The van der Waals surface area contributed by atoms with Gasteiger partial charge in [0.2, 0.25) is 11.8 Å². The summed E-state index contributed by atoms with van der Waals surface area (Å²) in [6.07, 6.45) is 2.36. The summed E-state index contributed by atoms with van der Waals surface area (Å²) in [4.78, 5) is 10.8. The van der Waals surface area contributed by atoms with E-state index in [0.29, 0.717) is 24.4 Å². The largest absolute Gasteiger partial charge is 0.481 e. The molecule has 6 heteroatoms. The van der Waals surface area contributed by atoms with E-state index in [1.807, 2.05) is 11.8 Å². The van der Waals surface area contributed by atoms with E-state index < -0.39 is 0 Å². The highest BCUT2D eigenvalue weighted by molar-refractivity contribution is 5.34. The fourth-order valence-electron chi connectivity index (χ4n) is 2.34. The first-order chi connectivity index (χ1) is 9.22. The monoisotopic (exact) mass is 266 g/mol. The van der Waals surface area contributed by atoms with Gasteiger partial charge < -0.3 is 20.1 Å². The van der Waals surface area contributed by atoms with Crippen molar-refractivity contribution in [3.05, 3.63) is 11.8 Å². The lowest BCUT2D eigenvalue weighted by Gasteiger charge is -2.25. The van der Waals surface area contributed by atoms with E-state index in [2.05, 4.69) is 15.3 Å². The van der Waals surface area contributed by atoms with E-state index in [1.165, 1.54) is 6.42 Å². The molecular formula is C13H22N4O2. The molecule has 6 nitrogen and oxygen atoms in total. The lowest BCUT2D eigenvalue weighted by atomic mass is 10.2. The third-order valence-electron chi connectivity index (χ3n) is 3.28. The van der Waals surface area contributed by atoms with Crippen LogP contribution in [0.5, 0.6) is 5.88 Å². The third kappa shape index (κ3) is 3.78. The molecule has 0 bridgehead atoms. The molecule has 106 valence electrons. The minimum atomic E-state index is 0.0896. The predicted octanol–water partition coefficient (Wildman–Crippen LogP) is 0.344. The number of aliphatic hydroxyl groups excluding tert-OH is 1. The average molecular weight is 266 g/mol. The Kier molecular flexibility index (Phi) is 4.93. The Morgan fingerprint density at radius 2 is 2.37 bits per heavy atom. The number of rotatable bonds is 6. The number of methoxy groups -OCH3 is 1. The molecule has 1 fully saturated rings.